The maximum Gasteiger partial charge on any atom is 0.237 e. The van der Waals surface area contributed by atoms with Crippen LogP contribution in [0.2, 0.25) is 0 Å². The molecule has 2 heterocycles. The Balaban J connectivity index is 1.43. The van der Waals surface area contributed by atoms with Crippen LogP contribution < -0.4 is 5.32 Å². The Hall–Kier alpha value is -2.03. The van der Waals surface area contributed by atoms with Crippen molar-refractivity contribution in [1.29, 1.82) is 0 Å². The van der Waals surface area contributed by atoms with Crippen molar-refractivity contribution in [2.24, 2.45) is 0 Å². The maximum absolute atomic E-state index is 13.1. The Morgan fingerprint density at radius 3 is 2.28 bits per heavy atom. The first-order valence-corrected chi connectivity index (χ1v) is 10.3. The largest absolute Gasteiger partial charge is 0.379 e. The Labute approximate surface area is 171 Å². The van der Waals surface area contributed by atoms with E-state index in [4.69, 9.17) is 4.74 Å². The van der Waals surface area contributed by atoms with E-state index >= 15 is 0 Å². The van der Waals surface area contributed by atoms with Crippen LogP contribution in [0.4, 0.5) is 4.39 Å². The molecule has 1 N–H and O–H groups in total. The van der Waals surface area contributed by atoms with Crippen molar-refractivity contribution >= 4 is 11.8 Å². The highest BCUT2D eigenvalue weighted by Gasteiger charge is 2.28. The summed E-state index contributed by atoms with van der Waals surface area (Å²) in [6.07, 6.45) is 0. The van der Waals surface area contributed by atoms with Gasteiger partial charge in [-0.1, -0.05) is 12.1 Å². The van der Waals surface area contributed by atoms with E-state index in [-0.39, 0.29) is 29.7 Å². The van der Waals surface area contributed by atoms with Crippen LogP contribution in [0.25, 0.3) is 0 Å². The molecule has 29 heavy (non-hydrogen) atoms. The fourth-order valence-corrected chi connectivity index (χ4v) is 3.74. The number of nitrogens with zero attached hydrogens (tertiary/aromatic N) is 3. The molecule has 0 spiro atoms. The summed E-state index contributed by atoms with van der Waals surface area (Å²) in [4.78, 5) is 31.3. The van der Waals surface area contributed by atoms with Gasteiger partial charge in [-0.15, -0.1) is 0 Å². The first-order valence-electron chi connectivity index (χ1n) is 10.3. The predicted octanol–water partition coefficient (Wildman–Crippen LogP) is 0.868. The van der Waals surface area contributed by atoms with Gasteiger partial charge in [-0.2, -0.15) is 0 Å². The van der Waals surface area contributed by atoms with Crippen LogP contribution >= 0.6 is 0 Å². The number of hydrogen-bond acceptors (Lipinski definition) is 5. The standard InChI is InChI=1S/C21H31FN4O3/c1-16(18-3-5-19(22)6-4-18)23-21(28)17(2)25-7-9-26(10-8-25)20(27)15-24-11-13-29-14-12-24/h3-6,16-17H,7-15H2,1-2H3,(H,23,28). The second-order valence-electron chi connectivity index (χ2n) is 7.76. The first-order chi connectivity index (χ1) is 13.9. The molecule has 0 saturated carbocycles. The molecule has 0 radical (unpaired) electrons. The van der Waals surface area contributed by atoms with Crippen molar-refractivity contribution in [3.63, 3.8) is 0 Å². The minimum absolute atomic E-state index is 0.0603. The third-order valence-corrected chi connectivity index (χ3v) is 5.79. The maximum atomic E-state index is 13.1. The number of hydrogen-bond donors (Lipinski definition) is 1. The molecule has 2 atom stereocenters. The zero-order valence-corrected chi connectivity index (χ0v) is 17.3. The monoisotopic (exact) mass is 406 g/mol. The Kier molecular flexibility index (Phi) is 7.57. The molecule has 2 saturated heterocycles. The van der Waals surface area contributed by atoms with Crippen LogP contribution in [0.5, 0.6) is 0 Å². The summed E-state index contributed by atoms with van der Waals surface area (Å²) in [5.74, 6) is -0.204. The number of ether oxygens (including phenoxy) is 1. The lowest BCUT2D eigenvalue weighted by atomic mass is 10.1. The normalized spacial score (nSPS) is 20.9. The molecule has 160 valence electrons. The molecule has 3 rings (SSSR count). The highest BCUT2D eigenvalue weighted by atomic mass is 19.1. The summed E-state index contributed by atoms with van der Waals surface area (Å²) >= 11 is 0. The molecule has 0 aromatic heterocycles. The average molecular weight is 407 g/mol. The van der Waals surface area contributed by atoms with Crippen LogP contribution in [-0.2, 0) is 14.3 Å². The number of benzene rings is 1. The summed E-state index contributed by atoms with van der Waals surface area (Å²) in [6, 6.07) is 5.69. The molecule has 1 aromatic carbocycles. The summed E-state index contributed by atoms with van der Waals surface area (Å²) < 4.78 is 18.4. The second kappa shape index (κ2) is 10.1. The fraction of sp³-hybridized carbons (Fsp3) is 0.619. The number of nitrogens with one attached hydrogen (secondary N) is 1. The number of carbonyl (C=O) groups is 2. The van der Waals surface area contributed by atoms with E-state index in [0.717, 1.165) is 18.7 Å². The molecule has 2 unspecified atom stereocenters. The van der Waals surface area contributed by atoms with E-state index in [9.17, 15) is 14.0 Å². The fourth-order valence-electron chi connectivity index (χ4n) is 3.74. The van der Waals surface area contributed by atoms with E-state index in [1.54, 1.807) is 12.1 Å². The van der Waals surface area contributed by atoms with Crippen LogP contribution in [-0.4, -0.2) is 91.6 Å². The lowest BCUT2D eigenvalue weighted by Gasteiger charge is -2.38. The molecule has 7 nitrogen and oxygen atoms in total. The van der Waals surface area contributed by atoms with E-state index in [1.165, 1.54) is 12.1 Å². The van der Waals surface area contributed by atoms with Gasteiger partial charge in [0.1, 0.15) is 5.82 Å². The average Bonchev–Trinajstić information content (AvgIpc) is 2.74. The molecule has 2 aliphatic rings. The molecule has 0 bridgehead atoms. The predicted molar refractivity (Wildman–Crippen MR) is 108 cm³/mol. The molecular weight excluding hydrogens is 375 g/mol. The van der Waals surface area contributed by atoms with Gasteiger partial charge in [0.2, 0.25) is 11.8 Å². The van der Waals surface area contributed by atoms with E-state index in [0.29, 0.717) is 45.9 Å². The van der Waals surface area contributed by atoms with Crippen molar-refractivity contribution in [2.75, 3.05) is 59.0 Å². The van der Waals surface area contributed by atoms with Crippen molar-refractivity contribution in [1.82, 2.24) is 20.0 Å². The lowest BCUT2D eigenvalue weighted by Crippen LogP contribution is -2.56. The number of halogens is 1. The van der Waals surface area contributed by atoms with Crippen LogP contribution in [0, 0.1) is 5.82 Å². The van der Waals surface area contributed by atoms with Gasteiger partial charge in [0, 0.05) is 39.3 Å². The van der Waals surface area contributed by atoms with Crippen LogP contribution in [0.15, 0.2) is 24.3 Å². The number of carbonyl (C=O) groups excluding carboxylic acids is 2. The molecule has 2 amide bonds. The summed E-state index contributed by atoms with van der Waals surface area (Å²) in [6.45, 7) is 9.80. The van der Waals surface area contributed by atoms with Gasteiger partial charge in [0.05, 0.1) is 31.8 Å². The van der Waals surface area contributed by atoms with Gasteiger partial charge < -0.3 is 15.0 Å². The summed E-state index contributed by atoms with van der Waals surface area (Å²) in [7, 11) is 0. The van der Waals surface area contributed by atoms with Gasteiger partial charge in [0.25, 0.3) is 0 Å². The SMILES string of the molecule is CC(NC(=O)C(C)N1CCN(C(=O)CN2CCOCC2)CC1)c1ccc(F)cc1. The minimum Gasteiger partial charge on any atom is -0.379 e. The first kappa shape index (κ1) is 21.7. The zero-order valence-electron chi connectivity index (χ0n) is 17.3. The number of rotatable bonds is 6. The summed E-state index contributed by atoms with van der Waals surface area (Å²) in [5.41, 5.74) is 0.866. The van der Waals surface area contributed by atoms with Gasteiger partial charge >= 0.3 is 0 Å². The van der Waals surface area contributed by atoms with Crippen molar-refractivity contribution in [2.45, 2.75) is 25.9 Å². The molecule has 2 aliphatic heterocycles. The molecular formula is C21H31FN4O3. The zero-order chi connectivity index (χ0) is 20.8. The van der Waals surface area contributed by atoms with E-state index < -0.39 is 0 Å². The number of amides is 2. The lowest BCUT2D eigenvalue weighted by molar-refractivity contribution is -0.136. The van der Waals surface area contributed by atoms with Gasteiger partial charge in [0.15, 0.2) is 0 Å². The van der Waals surface area contributed by atoms with Crippen LogP contribution in [0.3, 0.4) is 0 Å². The van der Waals surface area contributed by atoms with E-state index in [1.807, 2.05) is 18.7 Å². The number of morpholine rings is 1. The van der Waals surface area contributed by atoms with Crippen molar-refractivity contribution in [3.05, 3.63) is 35.6 Å². The Bertz CT molecular complexity index is 686. The summed E-state index contributed by atoms with van der Waals surface area (Å²) in [5, 5.41) is 3.00. The molecule has 8 heteroatoms. The quantitative estimate of drug-likeness (QED) is 0.760. The second-order valence-corrected chi connectivity index (χ2v) is 7.76. The minimum atomic E-state index is -0.290. The van der Waals surface area contributed by atoms with Gasteiger partial charge in [-0.25, -0.2) is 4.39 Å². The third kappa shape index (κ3) is 5.98. The Morgan fingerprint density at radius 2 is 1.66 bits per heavy atom. The topological polar surface area (TPSA) is 65.1 Å². The highest BCUT2D eigenvalue weighted by Crippen LogP contribution is 2.14. The molecule has 2 fully saturated rings. The Morgan fingerprint density at radius 1 is 1.03 bits per heavy atom. The smallest absolute Gasteiger partial charge is 0.237 e. The van der Waals surface area contributed by atoms with Gasteiger partial charge in [-0.3, -0.25) is 19.4 Å². The van der Waals surface area contributed by atoms with Crippen molar-refractivity contribution in [3.8, 4) is 0 Å². The van der Waals surface area contributed by atoms with E-state index in [2.05, 4.69) is 15.1 Å². The van der Waals surface area contributed by atoms with Gasteiger partial charge in [-0.05, 0) is 31.5 Å². The third-order valence-electron chi connectivity index (χ3n) is 5.79. The number of piperazine rings is 1. The molecule has 0 aliphatic carbocycles. The highest BCUT2D eigenvalue weighted by molar-refractivity contribution is 5.82. The van der Waals surface area contributed by atoms with Crippen molar-refractivity contribution < 1.29 is 18.7 Å². The molecule has 1 aromatic rings. The van der Waals surface area contributed by atoms with Crippen LogP contribution in [0.1, 0.15) is 25.5 Å².